The minimum Gasteiger partial charge on any atom is -0.352 e. The number of rotatable bonds is 5. The number of hydrogen-bond acceptors (Lipinski definition) is 2. The number of hydrogen-bond donors (Lipinski definition) is 1. The summed E-state index contributed by atoms with van der Waals surface area (Å²) in [6.07, 6.45) is 2.94. The first kappa shape index (κ1) is 18.8. The average Bonchev–Trinajstić information content (AvgIpc) is 2.72. The molecule has 140 valence electrons. The minimum atomic E-state index is -0.549. The molecule has 2 aromatic rings. The van der Waals surface area contributed by atoms with E-state index in [-0.39, 0.29) is 35.9 Å². The zero-order valence-electron chi connectivity index (χ0n) is 15.1. The maximum atomic E-state index is 14.2. The molecule has 0 bridgehead atoms. The van der Waals surface area contributed by atoms with E-state index in [9.17, 15) is 14.0 Å². The molecule has 2 unspecified atom stereocenters. The Morgan fingerprint density at radius 3 is 2.52 bits per heavy atom. The number of amides is 2. The van der Waals surface area contributed by atoms with Crippen LogP contribution in [0.4, 0.5) is 4.39 Å². The molecule has 1 fully saturated rings. The molecule has 2 atom stereocenters. The molecule has 1 N–H and O–H groups in total. The summed E-state index contributed by atoms with van der Waals surface area (Å²) in [5, 5.41) is 2.80. The molecule has 2 amide bonds. The Kier molecular flexibility index (Phi) is 6.01. The van der Waals surface area contributed by atoms with Gasteiger partial charge in [0.05, 0.1) is 17.5 Å². The van der Waals surface area contributed by atoms with Crippen LogP contribution in [0.2, 0.25) is 0 Å². The van der Waals surface area contributed by atoms with Crippen LogP contribution in [0.3, 0.4) is 0 Å². The fourth-order valence-corrected chi connectivity index (χ4v) is 3.54. The van der Waals surface area contributed by atoms with Crippen molar-refractivity contribution in [1.29, 1.82) is 0 Å². The van der Waals surface area contributed by atoms with Gasteiger partial charge in [0.2, 0.25) is 5.91 Å². The van der Waals surface area contributed by atoms with Crippen molar-refractivity contribution >= 4 is 11.8 Å². The van der Waals surface area contributed by atoms with Gasteiger partial charge in [-0.3, -0.25) is 9.59 Å². The van der Waals surface area contributed by atoms with E-state index in [2.05, 4.69) is 11.9 Å². The van der Waals surface area contributed by atoms with Gasteiger partial charge in [0, 0.05) is 13.1 Å². The molecule has 1 aliphatic heterocycles. The van der Waals surface area contributed by atoms with Gasteiger partial charge in [0.25, 0.3) is 5.91 Å². The van der Waals surface area contributed by atoms with Gasteiger partial charge in [-0.2, -0.15) is 0 Å². The SMILES string of the molecule is C=CCNC(=O)C1CCC(c2ccccc2)N(C(=O)c2ccccc2F)C1. The molecule has 4 nitrogen and oxygen atoms in total. The van der Waals surface area contributed by atoms with Crippen LogP contribution < -0.4 is 5.32 Å². The quantitative estimate of drug-likeness (QED) is 0.820. The van der Waals surface area contributed by atoms with Crippen LogP contribution >= 0.6 is 0 Å². The predicted molar refractivity (Wildman–Crippen MR) is 103 cm³/mol. The molecule has 0 aromatic heterocycles. The average molecular weight is 366 g/mol. The number of carbonyl (C=O) groups excluding carboxylic acids is 2. The van der Waals surface area contributed by atoms with E-state index >= 15 is 0 Å². The lowest BCUT2D eigenvalue weighted by molar-refractivity contribution is -0.126. The van der Waals surface area contributed by atoms with Gasteiger partial charge in [0.1, 0.15) is 5.82 Å². The van der Waals surface area contributed by atoms with E-state index in [4.69, 9.17) is 0 Å². The van der Waals surface area contributed by atoms with Gasteiger partial charge in [-0.05, 0) is 30.5 Å². The van der Waals surface area contributed by atoms with Crippen LogP contribution in [0.1, 0.15) is 34.8 Å². The number of nitrogens with one attached hydrogen (secondary N) is 1. The number of likely N-dealkylation sites (tertiary alicyclic amines) is 1. The molecule has 27 heavy (non-hydrogen) atoms. The summed E-state index contributed by atoms with van der Waals surface area (Å²) < 4.78 is 14.2. The second-order valence-electron chi connectivity index (χ2n) is 6.67. The summed E-state index contributed by atoms with van der Waals surface area (Å²) >= 11 is 0. The lowest BCUT2D eigenvalue weighted by Gasteiger charge is -2.39. The summed E-state index contributed by atoms with van der Waals surface area (Å²) in [7, 11) is 0. The van der Waals surface area contributed by atoms with Crippen LogP contribution in [0.15, 0.2) is 67.3 Å². The number of benzene rings is 2. The molecule has 1 aliphatic rings. The van der Waals surface area contributed by atoms with E-state index in [1.165, 1.54) is 12.1 Å². The molecule has 2 aromatic carbocycles. The Labute approximate surface area is 158 Å². The third-order valence-electron chi connectivity index (χ3n) is 4.92. The number of halogens is 1. The van der Waals surface area contributed by atoms with E-state index < -0.39 is 5.82 Å². The second-order valence-corrected chi connectivity index (χ2v) is 6.67. The molecule has 3 rings (SSSR count). The lowest BCUT2D eigenvalue weighted by atomic mass is 9.87. The zero-order valence-corrected chi connectivity index (χ0v) is 15.1. The summed E-state index contributed by atoms with van der Waals surface area (Å²) in [6, 6.07) is 15.5. The van der Waals surface area contributed by atoms with Gasteiger partial charge in [-0.25, -0.2) is 4.39 Å². The number of nitrogens with zero attached hydrogens (tertiary/aromatic N) is 1. The summed E-state index contributed by atoms with van der Waals surface area (Å²) in [4.78, 5) is 27.2. The standard InChI is InChI=1S/C22H23FN2O2/c1-2-14-24-21(26)17-12-13-20(16-8-4-3-5-9-16)25(15-17)22(27)18-10-6-7-11-19(18)23/h2-11,17,20H,1,12-15H2,(H,24,26). The van der Waals surface area contributed by atoms with Crippen molar-refractivity contribution in [1.82, 2.24) is 10.2 Å². The number of piperidine rings is 1. The summed E-state index contributed by atoms with van der Waals surface area (Å²) in [6.45, 7) is 4.25. The van der Waals surface area contributed by atoms with E-state index in [1.807, 2.05) is 30.3 Å². The minimum absolute atomic E-state index is 0.0329. The molecular formula is C22H23FN2O2. The Morgan fingerprint density at radius 1 is 1.11 bits per heavy atom. The topological polar surface area (TPSA) is 49.4 Å². The van der Waals surface area contributed by atoms with Crippen LogP contribution in [-0.4, -0.2) is 29.8 Å². The highest BCUT2D eigenvalue weighted by Gasteiger charge is 2.36. The van der Waals surface area contributed by atoms with Crippen LogP contribution in [0.5, 0.6) is 0 Å². The lowest BCUT2D eigenvalue weighted by Crippen LogP contribution is -2.47. The highest BCUT2D eigenvalue weighted by Crippen LogP contribution is 2.34. The fourth-order valence-electron chi connectivity index (χ4n) is 3.54. The van der Waals surface area contributed by atoms with Crippen molar-refractivity contribution in [2.75, 3.05) is 13.1 Å². The molecule has 1 heterocycles. The maximum absolute atomic E-state index is 14.2. The van der Waals surface area contributed by atoms with Gasteiger partial charge < -0.3 is 10.2 Å². The third-order valence-corrected chi connectivity index (χ3v) is 4.92. The maximum Gasteiger partial charge on any atom is 0.257 e. The van der Waals surface area contributed by atoms with Gasteiger partial charge in [0.15, 0.2) is 0 Å². The molecule has 0 radical (unpaired) electrons. The Bertz CT molecular complexity index is 822. The van der Waals surface area contributed by atoms with Crippen molar-refractivity contribution < 1.29 is 14.0 Å². The molecule has 1 saturated heterocycles. The smallest absolute Gasteiger partial charge is 0.257 e. The number of carbonyl (C=O) groups is 2. The Hall–Kier alpha value is -2.95. The van der Waals surface area contributed by atoms with Crippen molar-refractivity contribution in [2.24, 2.45) is 5.92 Å². The highest BCUT2D eigenvalue weighted by molar-refractivity contribution is 5.95. The molecule has 0 aliphatic carbocycles. The van der Waals surface area contributed by atoms with Crippen molar-refractivity contribution in [3.63, 3.8) is 0 Å². The van der Waals surface area contributed by atoms with Crippen LogP contribution in [-0.2, 0) is 4.79 Å². The third kappa shape index (κ3) is 4.25. The summed E-state index contributed by atoms with van der Waals surface area (Å²) in [5.41, 5.74) is 1.03. The molecular weight excluding hydrogens is 343 g/mol. The van der Waals surface area contributed by atoms with E-state index in [0.717, 1.165) is 5.56 Å². The first-order chi connectivity index (χ1) is 13.1. The fraction of sp³-hybridized carbons (Fsp3) is 0.273. The van der Waals surface area contributed by atoms with E-state index in [0.29, 0.717) is 19.4 Å². The van der Waals surface area contributed by atoms with Gasteiger partial charge >= 0.3 is 0 Å². The normalized spacial score (nSPS) is 19.4. The second kappa shape index (κ2) is 8.62. The van der Waals surface area contributed by atoms with Crippen molar-refractivity contribution in [2.45, 2.75) is 18.9 Å². The highest BCUT2D eigenvalue weighted by atomic mass is 19.1. The van der Waals surface area contributed by atoms with E-state index in [1.54, 1.807) is 23.1 Å². The largest absolute Gasteiger partial charge is 0.352 e. The van der Waals surface area contributed by atoms with Crippen molar-refractivity contribution in [3.8, 4) is 0 Å². The monoisotopic (exact) mass is 366 g/mol. The first-order valence-electron chi connectivity index (χ1n) is 9.11. The molecule has 0 spiro atoms. The van der Waals surface area contributed by atoms with Crippen molar-refractivity contribution in [3.05, 3.63) is 84.2 Å². The van der Waals surface area contributed by atoms with Gasteiger partial charge in [-0.15, -0.1) is 6.58 Å². The van der Waals surface area contributed by atoms with Crippen LogP contribution in [0, 0.1) is 11.7 Å². The zero-order chi connectivity index (χ0) is 19.2. The molecule has 5 heteroatoms. The first-order valence-corrected chi connectivity index (χ1v) is 9.11. The Morgan fingerprint density at radius 2 is 1.81 bits per heavy atom. The predicted octanol–water partition coefficient (Wildman–Crippen LogP) is 3.72. The molecule has 0 saturated carbocycles. The summed E-state index contributed by atoms with van der Waals surface area (Å²) in [5.74, 6) is -1.36. The van der Waals surface area contributed by atoms with Gasteiger partial charge in [-0.1, -0.05) is 48.5 Å². The Balaban J connectivity index is 1.89. The van der Waals surface area contributed by atoms with Crippen LogP contribution in [0.25, 0.3) is 0 Å².